The second-order valence-corrected chi connectivity index (χ2v) is 18.9. The highest BCUT2D eigenvalue weighted by Crippen LogP contribution is 2.65. The number of anilines is 2. The monoisotopic (exact) mass is 894 g/mol. The largest absolute Gasteiger partial charge is 0.497 e. The molecule has 318 valence electrons. The number of halogens is 2. The number of amides is 1. The topological polar surface area (TPSA) is 273 Å². The lowest BCUT2D eigenvalue weighted by molar-refractivity contribution is -0.0619. The number of H-pyrrole nitrogens is 1. The number of nitrogens with two attached hydrogens (primary N) is 1. The highest BCUT2D eigenvalue weighted by Gasteiger charge is 2.55. The van der Waals surface area contributed by atoms with E-state index in [1.165, 1.54) is 13.4 Å². The number of phosphoric acid groups is 1. The van der Waals surface area contributed by atoms with E-state index in [-0.39, 0.29) is 28.6 Å². The minimum atomic E-state index is -5.23. The summed E-state index contributed by atoms with van der Waals surface area (Å²) in [6.07, 6.45) is -11.7. The zero-order valence-corrected chi connectivity index (χ0v) is 33.5. The van der Waals surface area contributed by atoms with Crippen LogP contribution in [0.1, 0.15) is 28.4 Å². The summed E-state index contributed by atoms with van der Waals surface area (Å²) in [5.41, 5.74) is 5.59. The van der Waals surface area contributed by atoms with Crippen molar-refractivity contribution in [2.75, 3.05) is 31.4 Å². The molecule has 5 aromatic rings. The molecule has 3 aliphatic rings. The van der Waals surface area contributed by atoms with Crippen molar-refractivity contribution in [3.05, 3.63) is 105 Å². The van der Waals surface area contributed by atoms with Gasteiger partial charge in [-0.1, -0.05) is 12.1 Å². The van der Waals surface area contributed by atoms with Crippen molar-refractivity contribution < 1.29 is 59.9 Å². The van der Waals surface area contributed by atoms with Gasteiger partial charge in [-0.15, -0.1) is 0 Å². The average molecular weight is 895 g/mol. The molecule has 10 atom stereocenters. The second-order valence-electron chi connectivity index (χ2n) is 13.4. The molecule has 3 saturated heterocycles. The third kappa shape index (κ3) is 8.66. The summed E-state index contributed by atoms with van der Waals surface area (Å²) in [5, 5.41) is 2.77. The molecule has 2 unspecified atom stereocenters. The molecule has 2 aromatic carbocycles. The molecule has 3 aromatic heterocycles. The molecule has 60 heavy (non-hydrogen) atoms. The van der Waals surface area contributed by atoms with Crippen LogP contribution in [0.25, 0.3) is 11.2 Å². The predicted molar refractivity (Wildman–Crippen MR) is 206 cm³/mol. The molecule has 1 amide bonds. The van der Waals surface area contributed by atoms with E-state index in [2.05, 4.69) is 20.3 Å². The maximum atomic E-state index is 16.4. The normalized spacial score (nSPS) is 30.8. The van der Waals surface area contributed by atoms with E-state index in [0.29, 0.717) is 38.5 Å². The number of rotatable bonds is 8. The Balaban J connectivity index is 1.06. The van der Waals surface area contributed by atoms with E-state index in [1.807, 2.05) is 4.98 Å². The van der Waals surface area contributed by atoms with E-state index >= 15 is 8.78 Å². The number of nitrogens with one attached hydrogen (secondary N) is 2. The Morgan fingerprint density at radius 3 is 2.30 bits per heavy atom. The number of phosphoric ester groups is 1. The fraction of sp³-hybridized carbons (Fsp3) is 0.353. The third-order valence-corrected chi connectivity index (χ3v) is 14.2. The number of aromatic nitrogens is 6. The highest BCUT2D eigenvalue weighted by atomic mass is 32.7. The number of benzene rings is 2. The fourth-order valence-corrected chi connectivity index (χ4v) is 10.9. The summed E-state index contributed by atoms with van der Waals surface area (Å²) in [6.45, 7) is -6.37. The first kappa shape index (κ1) is 41.8. The average Bonchev–Trinajstić information content (AvgIpc) is 3.89. The zero-order chi connectivity index (χ0) is 42.3. The molecular weight excluding hydrogens is 860 g/mol. The number of aromatic amines is 1. The summed E-state index contributed by atoms with van der Waals surface area (Å²) in [7, 11) is -3.72. The molecule has 0 saturated carbocycles. The maximum absolute atomic E-state index is 16.4. The maximum Gasteiger partial charge on any atom is 0.472 e. The van der Waals surface area contributed by atoms with Gasteiger partial charge in [0.05, 0.1) is 26.7 Å². The minimum Gasteiger partial charge on any atom is -0.497 e. The van der Waals surface area contributed by atoms with Gasteiger partial charge in [-0.05, 0) is 53.3 Å². The molecule has 26 heteroatoms. The molecule has 0 aliphatic carbocycles. The number of nitrogen functional groups attached to an aromatic ring is 1. The second kappa shape index (κ2) is 16.9. The van der Waals surface area contributed by atoms with Crippen molar-refractivity contribution in [1.29, 1.82) is 0 Å². The van der Waals surface area contributed by atoms with Crippen LogP contribution in [-0.2, 0) is 42.5 Å². The van der Waals surface area contributed by atoms with Crippen molar-refractivity contribution in [2.45, 2.75) is 55.0 Å². The van der Waals surface area contributed by atoms with E-state index in [1.54, 1.807) is 48.5 Å². The van der Waals surface area contributed by atoms with Gasteiger partial charge in [0, 0.05) is 29.3 Å². The Kier molecular flexibility index (Phi) is 11.8. The van der Waals surface area contributed by atoms with E-state index in [9.17, 15) is 28.4 Å². The number of hydrogen-bond donors (Lipinski definition) is 4. The Morgan fingerprint density at radius 2 is 1.62 bits per heavy atom. The molecule has 5 N–H and O–H groups in total. The van der Waals surface area contributed by atoms with Crippen LogP contribution in [-0.4, -0.2) is 97.0 Å². The number of methoxy groups -OCH3 is 1. The lowest BCUT2D eigenvalue weighted by Crippen LogP contribution is -2.38. The van der Waals surface area contributed by atoms with Gasteiger partial charge >= 0.3 is 20.3 Å². The van der Waals surface area contributed by atoms with Crippen LogP contribution in [0.5, 0.6) is 5.75 Å². The Morgan fingerprint density at radius 1 is 0.950 bits per heavy atom. The molecule has 0 spiro atoms. The van der Waals surface area contributed by atoms with Crippen LogP contribution in [0, 0.1) is 0 Å². The number of ether oxygens (including phenoxy) is 3. The van der Waals surface area contributed by atoms with Gasteiger partial charge in [0.2, 0.25) is 0 Å². The zero-order valence-electron chi connectivity index (χ0n) is 30.9. The van der Waals surface area contributed by atoms with Gasteiger partial charge in [0.25, 0.3) is 11.5 Å². The van der Waals surface area contributed by atoms with Crippen molar-refractivity contribution in [3.63, 3.8) is 0 Å². The number of hydrogen-bond acceptors (Lipinski definition) is 17. The van der Waals surface area contributed by atoms with Crippen molar-refractivity contribution >= 4 is 54.6 Å². The number of carbonyl (C=O) groups is 1. The van der Waals surface area contributed by atoms with Crippen LogP contribution in [0.15, 0.2) is 83.0 Å². The lowest BCUT2D eigenvalue weighted by atomic mass is 10.1. The molecule has 8 rings (SSSR count). The summed E-state index contributed by atoms with van der Waals surface area (Å²) < 4.78 is 102. The molecule has 3 fully saturated rings. The van der Waals surface area contributed by atoms with Crippen molar-refractivity contribution in [2.24, 2.45) is 0 Å². The molecule has 6 heterocycles. The summed E-state index contributed by atoms with van der Waals surface area (Å²) >= 11 is 0.606. The van der Waals surface area contributed by atoms with Crippen molar-refractivity contribution in [1.82, 2.24) is 29.1 Å². The van der Waals surface area contributed by atoms with Crippen LogP contribution >= 0.6 is 26.0 Å². The van der Waals surface area contributed by atoms with E-state index in [4.69, 9.17) is 38.0 Å². The van der Waals surface area contributed by atoms with E-state index in [0.717, 1.165) is 23.2 Å². The van der Waals surface area contributed by atoms with Gasteiger partial charge in [-0.3, -0.25) is 41.8 Å². The van der Waals surface area contributed by atoms with Gasteiger partial charge in [-0.2, -0.15) is 0 Å². The number of fused-ring (bicyclic) bond motifs is 3. The van der Waals surface area contributed by atoms with Gasteiger partial charge in [-0.25, -0.2) is 37.7 Å². The summed E-state index contributed by atoms with van der Waals surface area (Å²) in [6, 6.07) is 13.9. The van der Waals surface area contributed by atoms with Gasteiger partial charge in [0.1, 0.15) is 42.0 Å². The number of carbonyl (C=O) groups excluding carboxylic acids is 1. The van der Waals surface area contributed by atoms with Crippen molar-refractivity contribution in [3.8, 4) is 5.75 Å². The number of alkyl halides is 2. The smallest absolute Gasteiger partial charge is 0.472 e. The van der Waals surface area contributed by atoms with Crippen LogP contribution in [0.4, 0.5) is 20.3 Å². The summed E-state index contributed by atoms with van der Waals surface area (Å²) in [4.78, 5) is 62.0. The van der Waals surface area contributed by atoms with Gasteiger partial charge < -0.3 is 30.2 Å². The molecule has 0 radical (unpaired) electrons. The first-order valence-corrected chi connectivity index (χ1v) is 22.4. The fourth-order valence-electron chi connectivity index (χ4n) is 6.59. The standard InChI is InChI=1S/C34H34F2N8O13P2S/c1-51-20-8-4-18(5-9-20)31(46)41-19-6-2-17(3-7-19)14-60-59(50)53-13-22-27(24(35)33(55-22)44-16-40-26-29(37)38-15-39-30(26)44)56-58(48,49)52-12-21-28(57-59)25(36)32(54-21)43-11-10-23(45)42-34(43)47/h2-11,15-16,21-22,24-25,27-28,32-33H,12-14H2,1H3,(H,41,46)(H,48,49)(H2,37,38,39)(H,42,45,47)/t21-,22-,24-,25-,27-,28-,32-,33-,59?/m1/s1. The SMILES string of the molecule is COc1ccc(C(=O)Nc2ccc(CSP3(=O)OC[C@H]4O[C@@H](n5cnc6c(N)ncnc65)[C@H](F)[C@@H]4OP(=O)(O)OC[C@H]4O[C@@H](n5ccc(=O)[nH]c5=O)[C@H](F)[C@@H]4O3)cc2)cc1. The van der Waals surface area contributed by atoms with Crippen LogP contribution < -0.4 is 27.0 Å². The first-order chi connectivity index (χ1) is 28.7. The Labute approximate surface area is 340 Å². The quantitative estimate of drug-likeness (QED) is 0.162. The van der Waals surface area contributed by atoms with E-state index < -0.39 is 88.3 Å². The Bertz CT molecular complexity index is 2600. The minimum absolute atomic E-state index is 0.0128. The van der Waals surface area contributed by atoms with Crippen LogP contribution in [0.2, 0.25) is 0 Å². The predicted octanol–water partition coefficient (Wildman–Crippen LogP) is 3.65. The molecule has 21 nitrogen and oxygen atoms in total. The van der Waals surface area contributed by atoms with Gasteiger partial charge in [0.15, 0.2) is 36.3 Å². The molecule has 0 bridgehead atoms. The first-order valence-electron chi connectivity index (χ1n) is 17.8. The molecular formula is C34H34F2N8O13P2S. The Hall–Kier alpha value is -4.87. The third-order valence-electron chi connectivity index (χ3n) is 9.58. The number of imidazole rings is 1. The lowest BCUT2D eigenvalue weighted by Gasteiger charge is -2.29. The van der Waals surface area contributed by atoms with Crippen LogP contribution in [0.3, 0.4) is 0 Å². The molecule has 3 aliphatic heterocycles. The summed E-state index contributed by atoms with van der Waals surface area (Å²) in [5.74, 6) is 0.0932. The number of nitrogens with zero attached hydrogens (tertiary/aromatic N) is 5. The highest BCUT2D eigenvalue weighted by molar-refractivity contribution is 8.54.